The van der Waals surface area contributed by atoms with Crippen LogP contribution in [-0.2, 0) is 12.8 Å². The lowest BCUT2D eigenvalue weighted by atomic mass is 9.96. The Morgan fingerprint density at radius 2 is 2.05 bits per heavy atom. The Labute approximate surface area is 138 Å². The fourth-order valence-corrected chi connectivity index (χ4v) is 4.84. The van der Waals surface area contributed by atoms with Crippen molar-refractivity contribution in [2.45, 2.75) is 51.9 Å². The van der Waals surface area contributed by atoms with Gasteiger partial charge in [0.25, 0.3) is 5.91 Å². The number of amides is 1. The Morgan fingerprint density at radius 1 is 1.27 bits per heavy atom. The average molecular weight is 321 g/mol. The van der Waals surface area contributed by atoms with Gasteiger partial charge in [-0.15, -0.1) is 11.3 Å². The predicted octanol–water partition coefficient (Wildman–Crippen LogP) is 3.48. The molecule has 0 atom stereocenters. The van der Waals surface area contributed by atoms with Crippen LogP contribution < -0.4 is 5.32 Å². The largest absolute Gasteiger partial charge is 0.338 e. The first-order valence-corrected chi connectivity index (χ1v) is 9.71. The number of likely N-dealkylation sites (tertiary alicyclic amines) is 1. The summed E-state index contributed by atoms with van der Waals surface area (Å²) in [4.78, 5) is 17.3. The zero-order chi connectivity index (χ0) is 15.4. The Balaban J connectivity index is 1.58. The number of carbonyl (C=O) groups excluding carboxylic acids is 1. The molecule has 4 heteroatoms. The summed E-state index contributed by atoms with van der Waals surface area (Å²) in [5.74, 6) is 1.02. The number of nitrogens with zero attached hydrogens (tertiary/aromatic N) is 1. The van der Waals surface area contributed by atoms with Gasteiger partial charge in [-0.05, 0) is 69.2 Å². The molecule has 0 saturated carbocycles. The van der Waals surface area contributed by atoms with E-state index >= 15 is 0 Å². The van der Waals surface area contributed by atoms with Crippen LogP contribution in [0.25, 0.3) is 0 Å². The van der Waals surface area contributed by atoms with Crippen LogP contribution in [0.3, 0.4) is 0 Å². The van der Waals surface area contributed by atoms with Crippen molar-refractivity contribution in [3.05, 3.63) is 21.4 Å². The van der Waals surface area contributed by atoms with Gasteiger partial charge in [0.2, 0.25) is 0 Å². The van der Waals surface area contributed by atoms with Gasteiger partial charge in [0.1, 0.15) is 0 Å². The molecule has 1 aromatic heterocycles. The van der Waals surface area contributed by atoms with Crippen molar-refractivity contribution in [1.29, 1.82) is 0 Å². The Bertz CT molecular complexity index is 480. The summed E-state index contributed by atoms with van der Waals surface area (Å²) in [5, 5.41) is 3.43. The van der Waals surface area contributed by atoms with E-state index in [1.807, 2.05) is 0 Å². The van der Waals surface area contributed by atoms with Crippen LogP contribution >= 0.6 is 11.3 Å². The second kappa shape index (κ2) is 7.60. The topological polar surface area (TPSA) is 32.3 Å². The van der Waals surface area contributed by atoms with Gasteiger partial charge in [-0.1, -0.05) is 13.3 Å². The number of fused-ring (bicyclic) bond motifs is 1. The van der Waals surface area contributed by atoms with Crippen molar-refractivity contribution >= 4 is 17.2 Å². The summed E-state index contributed by atoms with van der Waals surface area (Å²) < 4.78 is 0. The van der Waals surface area contributed by atoms with E-state index in [1.165, 1.54) is 42.5 Å². The number of aryl methyl sites for hydroxylation is 2. The molecule has 0 bridgehead atoms. The molecule has 1 fully saturated rings. The zero-order valence-electron chi connectivity index (χ0n) is 13.7. The van der Waals surface area contributed by atoms with E-state index in [9.17, 15) is 4.79 Å². The lowest BCUT2D eigenvalue weighted by Gasteiger charge is -2.31. The molecule has 0 spiro atoms. The van der Waals surface area contributed by atoms with E-state index in [0.717, 1.165) is 49.8 Å². The maximum atomic E-state index is 12.7. The monoisotopic (exact) mass is 320 g/mol. The molecule has 1 aliphatic heterocycles. The highest BCUT2D eigenvalue weighted by molar-refractivity contribution is 7.14. The molecule has 1 saturated heterocycles. The van der Waals surface area contributed by atoms with Crippen LogP contribution in [0.15, 0.2) is 6.07 Å². The smallest absolute Gasteiger partial charge is 0.263 e. The van der Waals surface area contributed by atoms with E-state index in [1.54, 1.807) is 11.3 Å². The van der Waals surface area contributed by atoms with Crippen molar-refractivity contribution in [3.63, 3.8) is 0 Å². The third kappa shape index (κ3) is 3.72. The van der Waals surface area contributed by atoms with Gasteiger partial charge in [-0.25, -0.2) is 0 Å². The highest BCUT2D eigenvalue weighted by Crippen LogP contribution is 2.30. The van der Waals surface area contributed by atoms with Gasteiger partial charge in [-0.3, -0.25) is 4.79 Å². The number of piperidine rings is 1. The van der Waals surface area contributed by atoms with E-state index in [-0.39, 0.29) is 5.91 Å². The minimum absolute atomic E-state index is 0.278. The van der Waals surface area contributed by atoms with Crippen LogP contribution in [0.5, 0.6) is 0 Å². The number of thiophene rings is 1. The molecule has 1 N–H and O–H groups in total. The number of nitrogens with one attached hydrogen (secondary N) is 1. The van der Waals surface area contributed by atoms with Crippen molar-refractivity contribution in [1.82, 2.24) is 10.2 Å². The molecular weight excluding hydrogens is 292 g/mol. The van der Waals surface area contributed by atoms with E-state index in [0.29, 0.717) is 0 Å². The van der Waals surface area contributed by atoms with E-state index in [2.05, 4.69) is 23.2 Å². The van der Waals surface area contributed by atoms with Crippen LogP contribution in [-0.4, -0.2) is 37.0 Å². The lowest BCUT2D eigenvalue weighted by Crippen LogP contribution is -2.40. The van der Waals surface area contributed by atoms with Crippen molar-refractivity contribution in [2.75, 3.05) is 26.2 Å². The molecule has 0 radical (unpaired) electrons. The molecule has 2 aliphatic rings. The van der Waals surface area contributed by atoms with E-state index < -0.39 is 0 Å². The lowest BCUT2D eigenvalue weighted by molar-refractivity contribution is 0.0695. The first-order chi connectivity index (χ1) is 10.8. The Kier molecular flexibility index (Phi) is 5.53. The maximum absolute atomic E-state index is 12.7. The van der Waals surface area contributed by atoms with Crippen LogP contribution in [0, 0.1) is 5.92 Å². The van der Waals surface area contributed by atoms with Crippen LogP contribution in [0.2, 0.25) is 0 Å². The van der Waals surface area contributed by atoms with Gasteiger partial charge >= 0.3 is 0 Å². The predicted molar refractivity (Wildman–Crippen MR) is 92.7 cm³/mol. The molecule has 0 aromatic carbocycles. The summed E-state index contributed by atoms with van der Waals surface area (Å²) in [5.41, 5.74) is 1.45. The highest BCUT2D eigenvalue weighted by Gasteiger charge is 2.25. The fraction of sp³-hybridized carbons (Fsp3) is 0.722. The van der Waals surface area contributed by atoms with Crippen LogP contribution in [0.4, 0.5) is 0 Å². The molecule has 2 heterocycles. The first kappa shape index (κ1) is 16.0. The summed E-state index contributed by atoms with van der Waals surface area (Å²) in [6, 6.07) is 2.19. The molecule has 3 rings (SSSR count). The molecule has 3 nitrogen and oxygen atoms in total. The average Bonchev–Trinajstić information content (AvgIpc) is 2.83. The fourth-order valence-electron chi connectivity index (χ4n) is 3.62. The zero-order valence-corrected chi connectivity index (χ0v) is 14.5. The normalized spacial score (nSPS) is 19.8. The van der Waals surface area contributed by atoms with E-state index in [4.69, 9.17) is 0 Å². The Hall–Kier alpha value is -0.870. The van der Waals surface area contributed by atoms with Gasteiger partial charge < -0.3 is 10.2 Å². The van der Waals surface area contributed by atoms with Crippen molar-refractivity contribution < 1.29 is 4.79 Å². The summed E-state index contributed by atoms with van der Waals surface area (Å²) in [6.45, 7) is 6.15. The standard InChI is InChI=1S/C18H28N2OS/c1-2-19-13-14-8-10-20(11-9-14)18(21)17-12-15-6-4-3-5-7-16(15)22-17/h12,14,19H,2-11,13H2,1H3. The third-order valence-corrected chi connectivity index (χ3v) is 6.27. The maximum Gasteiger partial charge on any atom is 0.263 e. The van der Waals surface area contributed by atoms with Crippen molar-refractivity contribution in [3.8, 4) is 0 Å². The number of carbonyl (C=O) groups is 1. The van der Waals surface area contributed by atoms with Gasteiger partial charge in [0.05, 0.1) is 4.88 Å². The van der Waals surface area contributed by atoms with Gasteiger partial charge in [0.15, 0.2) is 0 Å². The molecular formula is C18H28N2OS. The van der Waals surface area contributed by atoms with Crippen molar-refractivity contribution in [2.24, 2.45) is 5.92 Å². The molecule has 122 valence electrons. The molecule has 1 amide bonds. The second-order valence-corrected chi connectivity index (χ2v) is 7.80. The minimum Gasteiger partial charge on any atom is -0.338 e. The first-order valence-electron chi connectivity index (χ1n) is 8.89. The number of rotatable bonds is 4. The number of hydrogen-bond acceptors (Lipinski definition) is 3. The summed E-state index contributed by atoms with van der Waals surface area (Å²) in [6.07, 6.45) is 8.55. The summed E-state index contributed by atoms with van der Waals surface area (Å²) >= 11 is 1.76. The quantitative estimate of drug-likeness (QED) is 0.862. The number of hydrogen-bond donors (Lipinski definition) is 1. The van der Waals surface area contributed by atoms with Gasteiger partial charge in [0, 0.05) is 18.0 Å². The highest BCUT2D eigenvalue weighted by atomic mass is 32.1. The molecule has 1 aromatic rings. The van der Waals surface area contributed by atoms with Gasteiger partial charge in [-0.2, -0.15) is 0 Å². The molecule has 1 aliphatic carbocycles. The Morgan fingerprint density at radius 3 is 2.82 bits per heavy atom. The second-order valence-electron chi connectivity index (χ2n) is 6.66. The molecule has 22 heavy (non-hydrogen) atoms. The molecule has 0 unspecified atom stereocenters. The van der Waals surface area contributed by atoms with Crippen LogP contribution in [0.1, 0.15) is 59.1 Å². The summed E-state index contributed by atoms with van der Waals surface area (Å²) in [7, 11) is 0. The minimum atomic E-state index is 0.278. The SMILES string of the molecule is CCNCC1CCN(C(=O)c2cc3c(s2)CCCCC3)CC1. The third-order valence-electron chi connectivity index (χ3n) is 5.04.